The maximum absolute atomic E-state index is 12.7. The number of ether oxygens (including phenoxy) is 1. The smallest absolute Gasteiger partial charge is 0.322 e. The van der Waals surface area contributed by atoms with Gasteiger partial charge in [0.25, 0.3) is 5.91 Å². The molecule has 3 aromatic rings. The number of urea groups is 1. The number of amides is 3. The summed E-state index contributed by atoms with van der Waals surface area (Å²) in [7, 11) is 1.57. The Kier molecular flexibility index (Phi) is 4.07. The van der Waals surface area contributed by atoms with Crippen molar-refractivity contribution in [2.45, 2.75) is 12.1 Å². The molecule has 2 aromatic carbocycles. The highest BCUT2D eigenvalue weighted by molar-refractivity contribution is 9.10. The third kappa shape index (κ3) is 2.82. The summed E-state index contributed by atoms with van der Waals surface area (Å²) in [5, 5.41) is 17.1. The molecule has 1 saturated heterocycles. The van der Waals surface area contributed by atoms with Gasteiger partial charge in [0.1, 0.15) is 5.75 Å². The van der Waals surface area contributed by atoms with Gasteiger partial charge in [-0.15, -0.1) is 0 Å². The molecule has 0 saturated carbocycles. The predicted octanol–water partition coefficient (Wildman–Crippen LogP) is 2.85. The van der Waals surface area contributed by atoms with Crippen LogP contribution in [0.3, 0.4) is 0 Å². The Balaban J connectivity index is 1.82. The molecule has 0 spiro atoms. The average Bonchev–Trinajstić information content (AvgIpc) is 3.11. The molecule has 1 aromatic heterocycles. The van der Waals surface area contributed by atoms with Crippen LogP contribution >= 0.6 is 15.9 Å². The van der Waals surface area contributed by atoms with E-state index in [1.54, 1.807) is 60.3 Å². The molecule has 7 nitrogen and oxygen atoms in total. The first-order valence-corrected chi connectivity index (χ1v) is 8.98. The van der Waals surface area contributed by atoms with E-state index >= 15 is 0 Å². The number of nitrogens with zero attached hydrogens (tertiary/aromatic N) is 1. The van der Waals surface area contributed by atoms with Gasteiger partial charge in [0.15, 0.2) is 11.4 Å². The molecule has 3 N–H and O–H groups in total. The number of methoxy groups -OCH3 is 1. The summed E-state index contributed by atoms with van der Waals surface area (Å²) in [5.74, 6) is 0.205. The van der Waals surface area contributed by atoms with Crippen LogP contribution in [0.1, 0.15) is 5.56 Å². The van der Waals surface area contributed by atoms with Crippen LogP contribution in [0.4, 0.5) is 4.79 Å². The SMILES string of the molecule is COc1ccc2c(O)n(C[C@@]3(c4ccc(Br)cc4)NC(=O)NC3=O)cc2c1. The Labute approximate surface area is 163 Å². The van der Waals surface area contributed by atoms with Crippen molar-refractivity contribution in [3.63, 3.8) is 0 Å². The first-order chi connectivity index (χ1) is 12.9. The van der Waals surface area contributed by atoms with Crippen molar-refractivity contribution in [3.05, 3.63) is 58.7 Å². The monoisotopic (exact) mass is 429 g/mol. The van der Waals surface area contributed by atoms with Crippen molar-refractivity contribution in [1.82, 2.24) is 15.2 Å². The standard InChI is InChI=1S/C19H16BrN3O4/c1-27-14-6-7-15-11(8-14)9-23(16(15)24)10-19(17(25)21-18(26)22-19)12-2-4-13(20)5-3-12/h2-9,24H,10H2,1H3,(H2,21,22,25,26)/t19-/m0/s1. The van der Waals surface area contributed by atoms with Gasteiger partial charge >= 0.3 is 6.03 Å². The molecule has 138 valence electrons. The van der Waals surface area contributed by atoms with E-state index in [4.69, 9.17) is 4.74 Å². The molecule has 3 amide bonds. The quantitative estimate of drug-likeness (QED) is 0.555. The minimum atomic E-state index is -1.33. The maximum Gasteiger partial charge on any atom is 0.322 e. The van der Waals surface area contributed by atoms with E-state index in [2.05, 4.69) is 26.6 Å². The van der Waals surface area contributed by atoms with Crippen LogP contribution in [0.15, 0.2) is 53.1 Å². The van der Waals surface area contributed by atoms with E-state index < -0.39 is 17.5 Å². The number of fused-ring (bicyclic) bond motifs is 1. The molecule has 1 fully saturated rings. The number of imide groups is 1. The summed E-state index contributed by atoms with van der Waals surface area (Å²) in [6.45, 7) is 0.0367. The van der Waals surface area contributed by atoms with E-state index in [-0.39, 0.29) is 12.4 Å². The Hall–Kier alpha value is -3.00. The molecule has 8 heteroatoms. The highest BCUT2D eigenvalue weighted by atomic mass is 79.9. The van der Waals surface area contributed by atoms with Gasteiger partial charge in [0.2, 0.25) is 0 Å². The van der Waals surface area contributed by atoms with Crippen molar-refractivity contribution in [1.29, 1.82) is 0 Å². The summed E-state index contributed by atoms with van der Waals surface area (Å²) >= 11 is 3.37. The number of benzene rings is 2. The van der Waals surface area contributed by atoms with E-state index in [1.165, 1.54) is 0 Å². The Morgan fingerprint density at radius 1 is 1.19 bits per heavy atom. The molecular weight excluding hydrogens is 414 g/mol. The lowest BCUT2D eigenvalue weighted by Crippen LogP contribution is -2.47. The van der Waals surface area contributed by atoms with Crippen LogP contribution in [0.2, 0.25) is 0 Å². The zero-order valence-electron chi connectivity index (χ0n) is 14.3. The van der Waals surface area contributed by atoms with E-state index in [0.717, 1.165) is 9.86 Å². The van der Waals surface area contributed by atoms with Crippen molar-refractivity contribution < 1.29 is 19.4 Å². The molecule has 4 rings (SSSR count). The van der Waals surface area contributed by atoms with Crippen LogP contribution in [0.25, 0.3) is 10.8 Å². The fourth-order valence-corrected chi connectivity index (χ4v) is 3.63. The molecule has 27 heavy (non-hydrogen) atoms. The minimum Gasteiger partial charge on any atom is -0.497 e. The Bertz CT molecular complexity index is 1060. The molecule has 0 aliphatic carbocycles. The number of carbonyl (C=O) groups is 2. The number of nitrogens with one attached hydrogen (secondary N) is 2. The van der Waals surface area contributed by atoms with Crippen LogP contribution in [0, 0.1) is 0 Å². The second kappa shape index (κ2) is 6.31. The van der Waals surface area contributed by atoms with Gasteiger partial charge in [-0.2, -0.15) is 0 Å². The summed E-state index contributed by atoms with van der Waals surface area (Å²) in [6, 6.07) is 11.8. The summed E-state index contributed by atoms with van der Waals surface area (Å²) in [5.41, 5.74) is -0.710. The summed E-state index contributed by atoms with van der Waals surface area (Å²) in [6.07, 6.45) is 1.73. The number of rotatable bonds is 4. The number of aromatic nitrogens is 1. The number of carbonyl (C=O) groups excluding carboxylic acids is 2. The molecular formula is C19H16BrN3O4. The number of aromatic hydroxyl groups is 1. The normalized spacial score (nSPS) is 19.2. The Morgan fingerprint density at radius 2 is 1.93 bits per heavy atom. The molecule has 1 aliphatic heterocycles. The van der Waals surface area contributed by atoms with Crippen molar-refractivity contribution in [2.75, 3.05) is 7.11 Å². The van der Waals surface area contributed by atoms with Gasteiger partial charge in [-0.1, -0.05) is 28.1 Å². The van der Waals surface area contributed by atoms with Crippen molar-refractivity contribution in [3.8, 4) is 11.6 Å². The van der Waals surface area contributed by atoms with Gasteiger partial charge in [0.05, 0.1) is 13.7 Å². The first-order valence-electron chi connectivity index (χ1n) is 8.18. The molecule has 1 atom stereocenters. The highest BCUT2D eigenvalue weighted by Gasteiger charge is 2.48. The Morgan fingerprint density at radius 3 is 2.56 bits per heavy atom. The van der Waals surface area contributed by atoms with Gasteiger partial charge in [0, 0.05) is 21.4 Å². The zero-order valence-corrected chi connectivity index (χ0v) is 15.9. The second-order valence-electron chi connectivity index (χ2n) is 6.35. The lowest BCUT2D eigenvalue weighted by Gasteiger charge is -2.27. The van der Waals surface area contributed by atoms with Crippen LogP contribution in [-0.4, -0.2) is 28.7 Å². The van der Waals surface area contributed by atoms with Crippen LogP contribution in [0.5, 0.6) is 11.6 Å². The lowest BCUT2D eigenvalue weighted by molar-refractivity contribution is -0.124. The fourth-order valence-electron chi connectivity index (χ4n) is 3.37. The molecule has 2 heterocycles. The highest BCUT2D eigenvalue weighted by Crippen LogP contribution is 2.34. The lowest BCUT2D eigenvalue weighted by atomic mass is 9.90. The largest absolute Gasteiger partial charge is 0.497 e. The van der Waals surface area contributed by atoms with Gasteiger partial charge in [-0.05, 0) is 35.9 Å². The summed E-state index contributed by atoms with van der Waals surface area (Å²) in [4.78, 5) is 24.6. The third-order valence-electron chi connectivity index (χ3n) is 4.75. The van der Waals surface area contributed by atoms with Gasteiger partial charge in [-0.3, -0.25) is 10.1 Å². The minimum absolute atomic E-state index is 0.0121. The van der Waals surface area contributed by atoms with Gasteiger partial charge in [-0.25, -0.2) is 4.79 Å². The van der Waals surface area contributed by atoms with Crippen molar-refractivity contribution in [2.24, 2.45) is 0 Å². The van der Waals surface area contributed by atoms with E-state index in [0.29, 0.717) is 16.7 Å². The molecule has 1 aliphatic rings. The first kappa shape index (κ1) is 17.4. The average molecular weight is 430 g/mol. The number of hydrogen-bond donors (Lipinski definition) is 3. The molecule has 0 unspecified atom stereocenters. The molecule has 0 bridgehead atoms. The molecule has 0 radical (unpaired) electrons. The predicted molar refractivity (Wildman–Crippen MR) is 103 cm³/mol. The maximum atomic E-state index is 12.7. The number of halogens is 1. The second-order valence-corrected chi connectivity index (χ2v) is 7.27. The topological polar surface area (TPSA) is 92.6 Å². The zero-order chi connectivity index (χ0) is 19.2. The van der Waals surface area contributed by atoms with E-state index in [9.17, 15) is 14.7 Å². The summed E-state index contributed by atoms with van der Waals surface area (Å²) < 4.78 is 7.63. The van der Waals surface area contributed by atoms with Gasteiger partial charge < -0.3 is 19.7 Å². The fraction of sp³-hybridized carbons (Fsp3) is 0.158. The van der Waals surface area contributed by atoms with Crippen LogP contribution < -0.4 is 15.4 Å². The number of hydrogen-bond acceptors (Lipinski definition) is 4. The van der Waals surface area contributed by atoms with Crippen LogP contribution in [-0.2, 0) is 16.9 Å². The third-order valence-corrected chi connectivity index (χ3v) is 5.28. The van der Waals surface area contributed by atoms with E-state index in [1.807, 2.05) is 0 Å². The van der Waals surface area contributed by atoms with Crippen molar-refractivity contribution >= 4 is 38.6 Å².